The molecule has 0 heterocycles. The second-order valence-electron chi connectivity index (χ2n) is 3.54. The van der Waals surface area contributed by atoms with E-state index in [1.807, 2.05) is 0 Å². The van der Waals surface area contributed by atoms with E-state index in [0.29, 0.717) is 0 Å². The summed E-state index contributed by atoms with van der Waals surface area (Å²) in [4.78, 5) is 10.5. The van der Waals surface area contributed by atoms with Crippen molar-refractivity contribution in [2.75, 3.05) is 6.61 Å². The molecule has 78 valence electrons. The number of hydrogen-bond donors (Lipinski definition) is 3. The maximum Gasteiger partial charge on any atom is 0.405 e. The minimum atomic E-state index is -1.00. The molecule has 13 heavy (non-hydrogen) atoms. The van der Waals surface area contributed by atoms with Crippen molar-refractivity contribution in [2.45, 2.75) is 32.4 Å². The molecule has 0 rings (SSSR count). The van der Waals surface area contributed by atoms with E-state index >= 15 is 0 Å². The lowest BCUT2D eigenvalue weighted by Crippen LogP contribution is -2.49. The van der Waals surface area contributed by atoms with Gasteiger partial charge >= 0.3 is 6.09 Å². The SMILES string of the molecule is C[C@H]([C@@H](C)N)[C@@](C)(CO)OC(N)=O. The molecule has 0 aromatic heterocycles. The molecule has 0 aromatic rings. The van der Waals surface area contributed by atoms with Crippen molar-refractivity contribution in [2.24, 2.45) is 17.4 Å². The fraction of sp³-hybridized carbons (Fsp3) is 0.875. The van der Waals surface area contributed by atoms with Crippen molar-refractivity contribution in [3.05, 3.63) is 0 Å². The number of nitrogens with two attached hydrogens (primary N) is 2. The fourth-order valence-electron chi connectivity index (χ4n) is 1.06. The van der Waals surface area contributed by atoms with Gasteiger partial charge in [-0.25, -0.2) is 4.79 Å². The van der Waals surface area contributed by atoms with Crippen molar-refractivity contribution in [3.63, 3.8) is 0 Å². The smallest absolute Gasteiger partial charge is 0.405 e. The number of aliphatic hydroxyl groups excluding tert-OH is 1. The maximum absolute atomic E-state index is 10.5. The first-order valence-corrected chi connectivity index (χ1v) is 4.18. The Morgan fingerprint density at radius 1 is 1.62 bits per heavy atom. The van der Waals surface area contributed by atoms with Crippen molar-refractivity contribution in [1.82, 2.24) is 0 Å². The monoisotopic (exact) mass is 190 g/mol. The Morgan fingerprint density at radius 3 is 2.31 bits per heavy atom. The normalized spacial score (nSPS) is 20.1. The summed E-state index contributed by atoms with van der Waals surface area (Å²) in [5, 5.41) is 9.07. The van der Waals surface area contributed by atoms with Gasteiger partial charge in [0, 0.05) is 12.0 Å². The van der Waals surface area contributed by atoms with E-state index < -0.39 is 11.7 Å². The molecular weight excluding hydrogens is 172 g/mol. The van der Waals surface area contributed by atoms with Gasteiger partial charge in [-0.2, -0.15) is 0 Å². The van der Waals surface area contributed by atoms with Crippen LogP contribution in [0.3, 0.4) is 0 Å². The summed E-state index contributed by atoms with van der Waals surface area (Å²) in [6, 6.07) is -0.184. The predicted octanol–water partition coefficient (Wildman–Crippen LogP) is -0.184. The molecule has 0 aromatic carbocycles. The summed E-state index contributed by atoms with van der Waals surface area (Å²) in [6.45, 7) is 4.89. The second-order valence-corrected chi connectivity index (χ2v) is 3.54. The number of carbonyl (C=O) groups excluding carboxylic acids is 1. The molecule has 0 spiro atoms. The quantitative estimate of drug-likeness (QED) is 0.572. The van der Waals surface area contributed by atoms with Gasteiger partial charge in [-0.15, -0.1) is 0 Å². The highest BCUT2D eigenvalue weighted by Gasteiger charge is 2.36. The van der Waals surface area contributed by atoms with Gasteiger partial charge in [0.05, 0.1) is 6.61 Å². The number of carbonyl (C=O) groups is 1. The van der Waals surface area contributed by atoms with Crippen molar-refractivity contribution >= 4 is 6.09 Å². The van der Waals surface area contributed by atoms with Crippen LogP contribution in [-0.2, 0) is 4.74 Å². The molecule has 1 amide bonds. The largest absolute Gasteiger partial charge is 0.441 e. The lowest BCUT2D eigenvalue weighted by Gasteiger charge is -2.34. The van der Waals surface area contributed by atoms with Crippen LogP contribution in [-0.4, -0.2) is 29.4 Å². The standard InChI is InChI=1S/C8H18N2O3/c1-5(6(2)9)8(3,4-11)13-7(10)12/h5-6,11H,4,9H2,1-3H3,(H2,10,12)/t5-,6-,8-/m1/s1. The van der Waals surface area contributed by atoms with Crippen molar-refractivity contribution < 1.29 is 14.6 Å². The van der Waals surface area contributed by atoms with Crippen molar-refractivity contribution in [1.29, 1.82) is 0 Å². The lowest BCUT2D eigenvalue weighted by molar-refractivity contribution is -0.0546. The minimum absolute atomic E-state index is 0.162. The molecule has 5 nitrogen and oxygen atoms in total. The van der Waals surface area contributed by atoms with Gasteiger partial charge in [-0.1, -0.05) is 6.92 Å². The number of primary amides is 1. The Labute approximate surface area is 78.0 Å². The molecule has 0 aliphatic carbocycles. The number of amides is 1. The predicted molar refractivity (Wildman–Crippen MR) is 49.0 cm³/mol. The Kier molecular flexibility index (Phi) is 4.16. The highest BCUT2D eigenvalue weighted by Crippen LogP contribution is 2.23. The molecular formula is C8H18N2O3. The molecule has 0 bridgehead atoms. The maximum atomic E-state index is 10.5. The highest BCUT2D eigenvalue weighted by molar-refractivity contribution is 5.65. The molecule has 0 unspecified atom stereocenters. The Morgan fingerprint density at radius 2 is 2.08 bits per heavy atom. The minimum Gasteiger partial charge on any atom is -0.441 e. The molecule has 0 saturated carbocycles. The Balaban J connectivity index is 4.51. The fourth-order valence-corrected chi connectivity index (χ4v) is 1.06. The van der Waals surface area contributed by atoms with E-state index in [1.54, 1.807) is 20.8 Å². The van der Waals surface area contributed by atoms with E-state index in [4.69, 9.17) is 21.3 Å². The van der Waals surface area contributed by atoms with Crippen LogP contribution in [0.25, 0.3) is 0 Å². The number of ether oxygens (including phenoxy) is 1. The van der Waals surface area contributed by atoms with Gasteiger partial charge in [-0.05, 0) is 13.8 Å². The van der Waals surface area contributed by atoms with E-state index in [0.717, 1.165) is 0 Å². The molecule has 0 radical (unpaired) electrons. The van der Waals surface area contributed by atoms with Crippen LogP contribution in [0.2, 0.25) is 0 Å². The van der Waals surface area contributed by atoms with Gasteiger partial charge in [0.1, 0.15) is 5.60 Å². The summed E-state index contributed by atoms with van der Waals surface area (Å²) in [5.74, 6) is -0.162. The number of rotatable bonds is 4. The van der Waals surface area contributed by atoms with E-state index in [1.165, 1.54) is 0 Å². The summed E-state index contributed by atoms with van der Waals surface area (Å²) >= 11 is 0. The third-order valence-corrected chi connectivity index (χ3v) is 2.40. The zero-order valence-corrected chi connectivity index (χ0v) is 8.28. The van der Waals surface area contributed by atoms with Gasteiger partial charge < -0.3 is 21.3 Å². The summed E-state index contributed by atoms with van der Waals surface area (Å²) in [7, 11) is 0. The van der Waals surface area contributed by atoms with E-state index in [-0.39, 0.29) is 18.6 Å². The lowest BCUT2D eigenvalue weighted by atomic mass is 9.86. The van der Waals surface area contributed by atoms with Gasteiger partial charge in [-0.3, -0.25) is 0 Å². The van der Waals surface area contributed by atoms with Crippen LogP contribution in [0.5, 0.6) is 0 Å². The third-order valence-electron chi connectivity index (χ3n) is 2.40. The molecule has 0 aliphatic rings. The summed E-state index contributed by atoms with van der Waals surface area (Å²) in [5.41, 5.74) is 9.51. The topological polar surface area (TPSA) is 98.6 Å². The van der Waals surface area contributed by atoms with Crippen LogP contribution in [0.1, 0.15) is 20.8 Å². The van der Waals surface area contributed by atoms with Crippen molar-refractivity contribution in [3.8, 4) is 0 Å². The van der Waals surface area contributed by atoms with Crippen LogP contribution >= 0.6 is 0 Å². The molecule has 0 aliphatic heterocycles. The zero-order valence-electron chi connectivity index (χ0n) is 8.28. The first-order valence-electron chi connectivity index (χ1n) is 4.18. The van der Waals surface area contributed by atoms with Gasteiger partial charge in [0.2, 0.25) is 0 Å². The zero-order chi connectivity index (χ0) is 10.6. The third kappa shape index (κ3) is 3.20. The van der Waals surface area contributed by atoms with Crippen LogP contribution in [0.15, 0.2) is 0 Å². The Hall–Kier alpha value is -0.810. The van der Waals surface area contributed by atoms with E-state index in [9.17, 15) is 4.79 Å². The molecule has 0 fully saturated rings. The van der Waals surface area contributed by atoms with Gasteiger partial charge in [0.15, 0.2) is 0 Å². The molecule has 3 atom stereocenters. The van der Waals surface area contributed by atoms with Crippen LogP contribution < -0.4 is 11.5 Å². The number of aliphatic hydroxyl groups is 1. The van der Waals surface area contributed by atoms with Crippen LogP contribution in [0, 0.1) is 5.92 Å². The van der Waals surface area contributed by atoms with Crippen LogP contribution in [0.4, 0.5) is 4.79 Å². The first-order chi connectivity index (χ1) is 5.83. The average Bonchev–Trinajstić information content (AvgIpc) is 2.01. The Bertz CT molecular complexity index is 184. The van der Waals surface area contributed by atoms with Gasteiger partial charge in [0.25, 0.3) is 0 Å². The summed E-state index contributed by atoms with van der Waals surface area (Å²) < 4.78 is 4.82. The second kappa shape index (κ2) is 4.43. The molecule has 5 N–H and O–H groups in total. The molecule has 0 saturated heterocycles. The number of hydrogen-bond acceptors (Lipinski definition) is 4. The molecule has 5 heteroatoms. The first kappa shape index (κ1) is 12.2. The highest BCUT2D eigenvalue weighted by atomic mass is 16.6. The summed E-state index contributed by atoms with van der Waals surface area (Å²) in [6.07, 6.45) is -0.899. The van der Waals surface area contributed by atoms with E-state index in [2.05, 4.69) is 0 Å². The average molecular weight is 190 g/mol.